The van der Waals surface area contributed by atoms with Gasteiger partial charge >= 0.3 is 0 Å². The quantitative estimate of drug-likeness (QED) is 0.626. The number of nitrogens with zero attached hydrogens (tertiary/aromatic N) is 3. The second-order valence-electron chi connectivity index (χ2n) is 8.63. The van der Waals surface area contributed by atoms with Crippen LogP contribution in [0, 0.1) is 0 Å². The number of amides is 1. The molecule has 5 rings (SSSR count). The molecule has 0 N–H and O–H groups in total. The molecule has 1 unspecified atom stereocenters. The molecule has 2 saturated heterocycles. The second-order valence-corrected chi connectivity index (χ2v) is 10.6. The Balaban J connectivity index is 1.16. The summed E-state index contributed by atoms with van der Waals surface area (Å²) in [6.07, 6.45) is -0.636. The number of fused-ring (bicyclic) bond motifs is 1. The van der Waals surface area contributed by atoms with Crippen LogP contribution in [0.5, 0.6) is 11.5 Å². The number of ether oxygens (including phenoxy) is 3. The maximum absolute atomic E-state index is 13.0. The number of hydrogen-bond acceptors (Lipinski definition) is 7. The number of carbonyl (C=O) groups excluding carboxylic acids is 1. The fourth-order valence-corrected chi connectivity index (χ4v) is 5.95. The predicted octanol–water partition coefficient (Wildman–Crippen LogP) is 1.19. The summed E-state index contributed by atoms with van der Waals surface area (Å²) in [5.41, 5.74) is 0.940. The van der Waals surface area contributed by atoms with Gasteiger partial charge in [0.1, 0.15) is 6.61 Å². The maximum atomic E-state index is 13.0. The minimum Gasteiger partial charge on any atom is -0.485 e. The van der Waals surface area contributed by atoms with E-state index >= 15 is 0 Å². The monoisotopic (exact) mass is 487 g/mol. The Kier molecular flexibility index (Phi) is 6.73. The Morgan fingerprint density at radius 2 is 1.65 bits per heavy atom. The molecule has 34 heavy (non-hydrogen) atoms. The lowest BCUT2D eigenvalue weighted by Crippen LogP contribution is -2.53. The summed E-state index contributed by atoms with van der Waals surface area (Å²) < 4.78 is 44.2. The normalized spacial score (nSPS) is 21.9. The molecule has 3 heterocycles. The fraction of sp³-hybridized carbons (Fsp3) is 0.458. The van der Waals surface area contributed by atoms with Crippen molar-refractivity contribution in [2.45, 2.75) is 17.5 Å². The summed E-state index contributed by atoms with van der Waals surface area (Å²) in [7, 11) is -3.52. The van der Waals surface area contributed by atoms with Gasteiger partial charge in [-0.15, -0.1) is 0 Å². The molecule has 2 aromatic rings. The third kappa shape index (κ3) is 4.90. The number of hydrogen-bond donors (Lipinski definition) is 0. The van der Waals surface area contributed by atoms with E-state index in [9.17, 15) is 13.2 Å². The summed E-state index contributed by atoms with van der Waals surface area (Å²) in [6, 6.07) is 14.5. The zero-order valence-corrected chi connectivity index (χ0v) is 19.8. The summed E-state index contributed by atoms with van der Waals surface area (Å²) in [6.45, 7) is 5.03. The number of sulfonamides is 1. The van der Waals surface area contributed by atoms with Gasteiger partial charge in [0.2, 0.25) is 16.1 Å². The van der Waals surface area contributed by atoms with Crippen molar-refractivity contribution >= 4 is 15.9 Å². The average molecular weight is 488 g/mol. The lowest BCUT2D eigenvalue weighted by Gasteiger charge is -2.37. The van der Waals surface area contributed by atoms with Crippen molar-refractivity contribution in [3.63, 3.8) is 0 Å². The van der Waals surface area contributed by atoms with Crippen LogP contribution in [0.3, 0.4) is 0 Å². The summed E-state index contributed by atoms with van der Waals surface area (Å²) in [5, 5.41) is 0. The number of para-hydroxylation sites is 2. The standard InChI is InChI=1S/C24H29N3O6S/c28-24(23-18-32-21-6-1-2-7-22(21)33-23)26-10-8-25(9-11-26)17-19-4-3-5-20(16-19)34(29,30)27-12-14-31-15-13-27/h1-7,16,23H,8-15,17-18H2. The largest absolute Gasteiger partial charge is 0.485 e. The zero-order valence-electron chi connectivity index (χ0n) is 19.0. The van der Waals surface area contributed by atoms with Gasteiger partial charge in [0, 0.05) is 45.8 Å². The Morgan fingerprint density at radius 1 is 0.912 bits per heavy atom. The van der Waals surface area contributed by atoms with E-state index in [0.717, 1.165) is 5.56 Å². The van der Waals surface area contributed by atoms with E-state index < -0.39 is 16.1 Å². The van der Waals surface area contributed by atoms with Crippen LogP contribution in [0.1, 0.15) is 5.56 Å². The van der Waals surface area contributed by atoms with Crippen LogP contribution in [0.25, 0.3) is 0 Å². The highest BCUT2D eigenvalue weighted by atomic mass is 32.2. The van der Waals surface area contributed by atoms with Gasteiger partial charge in [-0.3, -0.25) is 9.69 Å². The molecular formula is C24H29N3O6S. The molecule has 0 radical (unpaired) electrons. The van der Waals surface area contributed by atoms with Crippen molar-refractivity contribution in [3.8, 4) is 11.5 Å². The van der Waals surface area contributed by atoms with Crippen LogP contribution < -0.4 is 9.47 Å². The lowest BCUT2D eigenvalue weighted by atomic mass is 10.2. The van der Waals surface area contributed by atoms with Gasteiger partial charge in [0.05, 0.1) is 18.1 Å². The molecular weight excluding hydrogens is 458 g/mol. The molecule has 10 heteroatoms. The molecule has 0 spiro atoms. The molecule has 3 aliphatic rings. The van der Waals surface area contributed by atoms with E-state index in [2.05, 4.69) is 4.90 Å². The third-order valence-corrected chi connectivity index (χ3v) is 8.28. The Bertz CT molecular complexity index is 1130. The molecule has 1 amide bonds. The highest BCUT2D eigenvalue weighted by Crippen LogP contribution is 2.31. The van der Waals surface area contributed by atoms with Gasteiger partial charge in [0.15, 0.2) is 11.5 Å². The zero-order chi connectivity index (χ0) is 23.5. The SMILES string of the molecule is O=C(C1COc2ccccc2O1)N1CCN(Cc2cccc(S(=O)(=O)N3CCOCC3)c2)CC1. The lowest BCUT2D eigenvalue weighted by molar-refractivity contribution is -0.143. The molecule has 0 saturated carbocycles. The van der Waals surface area contributed by atoms with Crippen LogP contribution >= 0.6 is 0 Å². The van der Waals surface area contributed by atoms with Crippen molar-refractivity contribution in [3.05, 3.63) is 54.1 Å². The number of morpholine rings is 1. The summed E-state index contributed by atoms with van der Waals surface area (Å²) in [4.78, 5) is 17.3. The van der Waals surface area contributed by atoms with Crippen molar-refractivity contribution in [1.29, 1.82) is 0 Å². The number of rotatable bonds is 5. The van der Waals surface area contributed by atoms with Crippen LogP contribution in [-0.2, 0) is 26.1 Å². The van der Waals surface area contributed by atoms with E-state index in [-0.39, 0.29) is 12.5 Å². The molecule has 0 bridgehead atoms. The van der Waals surface area contributed by atoms with Crippen LogP contribution in [0.4, 0.5) is 0 Å². The molecule has 3 aliphatic heterocycles. The molecule has 1 atom stereocenters. The Labute approximate surface area is 199 Å². The average Bonchev–Trinajstić information content (AvgIpc) is 2.89. The Hall–Kier alpha value is -2.66. The maximum Gasteiger partial charge on any atom is 0.267 e. The van der Waals surface area contributed by atoms with Crippen LogP contribution in [0.15, 0.2) is 53.4 Å². The molecule has 2 aromatic carbocycles. The predicted molar refractivity (Wildman–Crippen MR) is 124 cm³/mol. The van der Waals surface area contributed by atoms with Crippen LogP contribution in [-0.4, -0.2) is 93.6 Å². The fourth-order valence-electron chi connectivity index (χ4n) is 4.47. The van der Waals surface area contributed by atoms with E-state index in [4.69, 9.17) is 14.2 Å². The first-order valence-electron chi connectivity index (χ1n) is 11.6. The molecule has 182 valence electrons. The smallest absolute Gasteiger partial charge is 0.267 e. The van der Waals surface area contributed by atoms with Gasteiger partial charge in [0.25, 0.3) is 5.91 Å². The van der Waals surface area contributed by atoms with E-state index in [0.29, 0.717) is 75.4 Å². The van der Waals surface area contributed by atoms with Gasteiger partial charge in [-0.05, 0) is 29.8 Å². The molecule has 9 nitrogen and oxygen atoms in total. The van der Waals surface area contributed by atoms with Gasteiger partial charge in [-0.25, -0.2) is 8.42 Å². The minimum absolute atomic E-state index is 0.0623. The third-order valence-electron chi connectivity index (χ3n) is 6.38. The first kappa shape index (κ1) is 23.1. The van der Waals surface area contributed by atoms with E-state index in [1.807, 2.05) is 29.2 Å². The van der Waals surface area contributed by atoms with Crippen LogP contribution in [0.2, 0.25) is 0 Å². The molecule has 0 aromatic heterocycles. The van der Waals surface area contributed by atoms with Crippen molar-refractivity contribution < 1.29 is 27.4 Å². The van der Waals surface area contributed by atoms with E-state index in [1.165, 1.54) is 4.31 Å². The van der Waals surface area contributed by atoms with Gasteiger partial charge in [-0.2, -0.15) is 4.31 Å². The second kappa shape index (κ2) is 9.91. The minimum atomic E-state index is -3.52. The molecule has 2 fully saturated rings. The van der Waals surface area contributed by atoms with Gasteiger partial charge < -0.3 is 19.1 Å². The van der Waals surface area contributed by atoms with Gasteiger partial charge in [-0.1, -0.05) is 24.3 Å². The van der Waals surface area contributed by atoms with Crippen molar-refractivity contribution in [2.24, 2.45) is 0 Å². The van der Waals surface area contributed by atoms with E-state index in [1.54, 1.807) is 24.3 Å². The molecule has 0 aliphatic carbocycles. The number of carbonyl (C=O) groups is 1. The van der Waals surface area contributed by atoms with Crippen molar-refractivity contribution in [2.75, 3.05) is 59.1 Å². The van der Waals surface area contributed by atoms with Crippen molar-refractivity contribution in [1.82, 2.24) is 14.1 Å². The summed E-state index contributed by atoms with van der Waals surface area (Å²) >= 11 is 0. The first-order chi connectivity index (χ1) is 16.5. The first-order valence-corrected chi connectivity index (χ1v) is 13.0. The summed E-state index contributed by atoms with van der Waals surface area (Å²) in [5.74, 6) is 1.19. The highest BCUT2D eigenvalue weighted by molar-refractivity contribution is 7.89. The Morgan fingerprint density at radius 3 is 2.41 bits per heavy atom. The highest BCUT2D eigenvalue weighted by Gasteiger charge is 2.33. The number of benzene rings is 2. The topological polar surface area (TPSA) is 88.6 Å². The number of piperazine rings is 1.